The van der Waals surface area contributed by atoms with Crippen LogP contribution in [0.25, 0.3) is 11.5 Å². The zero-order chi connectivity index (χ0) is 13.8. The first-order valence-corrected chi connectivity index (χ1v) is 6.04. The van der Waals surface area contributed by atoms with Crippen molar-refractivity contribution in [1.29, 1.82) is 0 Å². The standard InChI is InChI=1S/C11H12ClN5O2/c1-7(4-10(18)19)6-17-11(14-15-16-17)9-3-2-8(12)5-13-9/h2-3,5,7H,4,6H2,1H3,(H,18,19). The van der Waals surface area contributed by atoms with Gasteiger partial charge in [-0.05, 0) is 28.5 Å². The van der Waals surface area contributed by atoms with Crippen LogP contribution in [0.15, 0.2) is 18.3 Å². The third kappa shape index (κ3) is 3.47. The summed E-state index contributed by atoms with van der Waals surface area (Å²) in [4.78, 5) is 14.8. The molecule has 0 aliphatic heterocycles. The molecule has 8 heteroatoms. The SMILES string of the molecule is CC(CC(=O)O)Cn1nnnc1-c1ccc(Cl)cn1. The first-order valence-electron chi connectivity index (χ1n) is 5.66. The summed E-state index contributed by atoms with van der Waals surface area (Å²) < 4.78 is 1.55. The minimum Gasteiger partial charge on any atom is -0.481 e. The molecule has 0 bridgehead atoms. The van der Waals surface area contributed by atoms with Crippen LogP contribution < -0.4 is 0 Å². The van der Waals surface area contributed by atoms with Gasteiger partial charge in [-0.15, -0.1) is 5.10 Å². The molecule has 2 aromatic rings. The summed E-state index contributed by atoms with van der Waals surface area (Å²) in [5.74, 6) is -0.423. The highest BCUT2D eigenvalue weighted by molar-refractivity contribution is 6.30. The van der Waals surface area contributed by atoms with Crippen molar-refractivity contribution in [2.75, 3.05) is 0 Å². The number of carboxylic acids is 1. The predicted octanol–water partition coefficient (Wildman–Crippen LogP) is 1.50. The van der Waals surface area contributed by atoms with E-state index in [0.717, 1.165) is 0 Å². The average Bonchev–Trinajstić information content (AvgIpc) is 2.77. The summed E-state index contributed by atoms with van der Waals surface area (Å²) in [7, 11) is 0. The number of hydrogen-bond acceptors (Lipinski definition) is 5. The van der Waals surface area contributed by atoms with E-state index in [4.69, 9.17) is 16.7 Å². The topological polar surface area (TPSA) is 93.8 Å². The lowest BCUT2D eigenvalue weighted by atomic mass is 10.1. The molecular weight excluding hydrogens is 270 g/mol. The summed E-state index contributed by atoms with van der Waals surface area (Å²) in [5.41, 5.74) is 0.594. The fraction of sp³-hybridized carbons (Fsp3) is 0.364. The zero-order valence-corrected chi connectivity index (χ0v) is 10.9. The maximum absolute atomic E-state index is 10.6. The second-order valence-electron chi connectivity index (χ2n) is 4.25. The van der Waals surface area contributed by atoms with Crippen LogP contribution >= 0.6 is 11.6 Å². The van der Waals surface area contributed by atoms with E-state index in [2.05, 4.69) is 20.5 Å². The van der Waals surface area contributed by atoms with E-state index in [-0.39, 0.29) is 12.3 Å². The van der Waals surface area contributed by atoms with Crippen LogP contribution in [-0.4, -0.2) is 36.3 Å². The molecule has 0 aromatic carbocycles. The maximum Gasteiger partial charge on any atom is 0.303 e. The second kappa shape index (κ2) is 5.75. The van der Waals surface area contributed by atoms with E-state index in [1.807, 2.05) is 6.92 Å². The Bertz CT molecular complexity index is 569. The molecule has 2 heterocycles. The summed E-state index contributed by atoms with van der Waals surface area (Å²) in [6.07, 6.45) is 1.57. The number of carboxylic acid groups (broad SMARTS) is 1. The molecule has 1 N–H and O–H groups in total. The Kier molecular flexibility index (Phi) is 4.06. The zero-order valence-electron chi connectivity index (χ0n) is 10.2. The highest BCUT2D eigenvalue weighted by Gasteiger charge is 2.14. The van der Waals surface area contributed by atoms with Gasteiger partial charge in [0, 0.05) is 19.2 Å². The van der Waals surface area contributed by atoms with Crippen LogP contribution in [0.4, 0.5) is 0 Å². The molecule has 0 spiro atoms. The van der Waals surface area contributed by atoms with Crippen molar-refractivity contribution < 1.29 is 9.90 Å². The molecular formula is C11H12ClN5O2. The Labute approximate surface area is 114 Å². The fourth-order valence-corrected chi connectivity index (χ4v) is 1.79. The Hall–Kier alpha value is -2.02. The van der Waals surface area contributed by atoms with E-state index in [9.17, 15) is 4.79 Å². The minimum atomic E-state index is -0.841. The third-order valence-electron chi connectivity index (χ3n) is 2.50. The Morgan fingerprint density at radius 2 is 2.32 bits per heavy atom. The number of pyridine rings is 1. The van der Waals surface area contributed by atoms with Gasteiger partial charge in [0.05, 0.1) is 5.02 Å². The smallest absolute Gasteiger partial charge is 0.303 e. The van der Waals surface area contributed by atoms with Gasteiger partial charge in [0.2, 0.25) is 5.82 Å². The van der Waals surface area contributed by atoms with Crippen LogP contribution in [0.3, 0.4) is 0 Å². The van der Waals surface area contributed by atoms with Crippen molar-refractivity contribution in [2.24, 2.45) is 5.92 Å². The number of halogens is 1. The molecule has 7 nitrogen and oxygen atoms in total. The Morgan fingerprint density at radius 1 is 1.53 bits per heavy atom. The van der Waals surface area contributed by atoms with E-state index >= 15 is 0 Å². The first kappa shape index (κ1) is 13.4. The number of rotatable bonds is 5. The van der Waals surface area contributed by atoms with E-state index < -0.39 is 5.97 Å². The minimum absolute atomic E-state index is 0.0628. The van der Waals surface area contributed by atoms with Crippen LogP contribution in [0, 0.1) is 5.92 Å². The largest absolute Gasteiger partial charge is 0.481 e. The Morgan fingerprint density at radius 3 is 2.95 bits per heavy atom. The lowest BCUT2D eigenvalue weighted by molar-refractivity contribution is -0.138. The van der Waals surface area contributed by atoms with E-state index in [1.165, 1.54) is 6.20 Å². The Balaban J connectivity index is 2.18. The monoisotopic (exact) mass is 281 g/mol. The number of aromatic nitrogens is 5. The van der Waals surface area contributed by atoms with Crippen LogP contribution in [0.1, 0.15) is 13.3 Å². The van der Waals surface area contributed by atoms with Crippen molar-refractivity contribution in [3.63, 3.8) is 0 Å². The van der Waals surface area contributed by atoms with Gasteiger partial charge in [-0.3, -0.25) is 9.78 Å². The highest BCUT2D eigenvalue weighted by Crippen LogP contribution is 2.17. The molecule has 100 valence electrons. The first-order chi connectivity index (χ1) is 9.06. The van der Waals surface area contributed by atoms with Crippen molar-refractivity contribution in [3.05, 3.63) is 23.4 Å². The van der Waals surface area contributed by atoms with Crippen LogP contribution in [-0.2, 0) is 11.3 Å². The molecule has 0 amide bonds. The van der Waals surface area contributed by atoms with E-state index in [0.29, 0.717) is 23.1 Å². The highest BCUT2D eigenvalue weighted by atomic mass is 35.5. The van der Waals surface area contributed by atoms with Crippen LogP contribution in [0.5, 0.6) is 0 Å². The van der Waals surface area contributed by atoms with Gasteiger partial charge in [0.1, 0.15) is 5.69 Å². The normalized spacial score (nSPS) is 12.3. The summed E-state index contributed by atoms with van der Waals surface area (Å²) >= 11 is 5.77. The van der Waals surface area contributed by atoms with Crippen LogP contribution in [0.2, 0.25) is 5.02 Å². The van der Waals surface area contributed by atoms with Crippen molar-refractivity contribution >= 4 is 17.6 Å². The lowest BCUT2D eigenvalue weighted by Crippen LogP contribution is -2.14. The molecule has 0 saturated heterocycles. The number of nitrogens with zero attached hydrogens (tertiary/aromatic N) is 5. The van der Waals surface area contributed by atoms with Gasteiger partial charge in [0.15, 0.2) is 0 Å². The molecule has 19 heavy (non-hydrogen) atoms. The molecule has 0 fully saturated rings. The van der Waals surface area contributed by atoms with Gasteiger partial charge in [0.25, 0.3) is 0 Å². The maximum atomic E-state index is 10.6. The molecule has 2 aromatic heterocycles. The fourth-order valence-electron chi connectivity index (χ4n) is 1.68. The molecule has 0 saturated carbocycles. The van der Waals surface area contributed by atoms with Gasteiger partial charge < -0.3 is 5.11 Å². The number of tetrazole rings is 1. The third-order valence-corrected chi connectivity index (χ3v) is 2.72. The number of carbonyl (C=O) groups is 1. The molecule has 2 rings (SSSR count). The molecule has 1 unspecified atom stereocenters. The number of hydrogen-bond donors (Lipinski definition) is 1. The predicted molar refractivity (Wildman–Crippen MR) is 67.5 cm³/mol. The molecule has 0 radical (unpaired) electrons. The van der Waals surface area contributed by atoms with E-state index in [1.54, 1.807) is 16.8 Å². The summed E-state index contributed by atoms with van der Waals surface area (Å²) in [6.45, 7) is 2.24. The van der Waals surface area contributed by atoms with Crippen molar-refractivity contribution in [3.8, 4) is 11.5 Å². The molecule has 0 aliphatic carbocycles. The second-order valence-corrected chi connectivity index (χ2v) is 4.69. The van der Waals surface area contributed by atoms with Gasteiger partial charge in [-0.25, -0.2) is 4.68 Å². The van der Waals surface area contributed by atoms with Crippen molar-refractivity contribution in [1.82, 2.24) is 25.2 Å². The van der Waals surface area contributed by atoms with Gasteiger partial charge in [-0.1, -0.05) is 18.5 Å². The quantitative estimate of drug-likeness (QED) is 0.892. The summed E-state index contributed by atoms with van der Waals surface area (Å²) in [6, 6.07) is 3.41. The molecule has 0 aliphatic rings. The summed E-state index contributed by atoms with van der Waals surface area (Å²) in [5, 5.41) is 20.6. The average molecular weight is 282 g/mol. The lowest BCUT2D eigenvalue weighted by Gasteiger charge is -2.09. The number of aliphatic carboxylic acids is 1. The van der Waals surface area contributed by atoms with Gasteiger partial charge in [-0.2, -0.15) is 0 Å². The van der Waals surface area contributed by atoms with Crippen molar-refractivity contribution in [2.45, 2.75) is 19.9 Å². The molecule has 1 atom stereocenters. The van der Waals surface area contributed by atoms with Gasteiger partial charge >= 0.3 is 5.97 Å².